The Morgan fingerprint density at radius 2 is 1.90 bits per heavy atom. The molecule has 10 heteroatoms. The lowest BCUT2D eigenvalue weighted by atomic mass is 10.1. The second-order valence-electron chi connectivity index (χ2n) is 6.10. The molecule has 7 nitrogen and oxygen atoms in total. The number of anilines is 2. The van der Waals surface area contributed by atoms with Crippen LogP contribution in [0.5, 0.6) is 0 Å². The Kier molecular flexibility index (Phi) is 6.99. The fourth-order valence-corrected chi connectivity index (χ4v) is 5.46. The molecule has 0 saturated heterocycles. The van der Waals surface area contributed by atoms with Gasteiger partial charge in [-0.25, -0.2) is 8.42 Å². The highest BCUT2D eigenvalue weighted by molar-refractivity contribution is 8.39. The average Bonchev–Trinajstić information content (AvgIpc) is 3.19. The Morgan fingerprint density at radius 3 is 2.55 bits per heavy atom. The van der Waals surface area contributed by atoms with Crippen LogP contribution >= 0.6 is 23.5 Å². The van der Waals surface area contributed by atoms with Gasteiger partial charge in [0.2, 0.25) is 5.91 Å². The van der Waals surface area contributed by atoms with Crippen molar-refractivity contribution in [2.75, 3.05) is 28.1 Å². The third kappa shape index (κ3) is 6.09. The molecule has 2 aromatic rings. The molecule has 0 aromatic heterocycles. The van der Waals surface area contributed by atoms with Gasteiger partial charge < -0.3 is 5.32 Å². The van der Waals surface area contributed by atoms with Gasteiger partial charge in [-0.1, -0.05) is 35.7 Å². The molecule has 0 radical (unpaired) electrons. The van der Waals surface area contributed by atoms with E-state index in [1.165, 1.54) is 49.0 Å². The van der Waals surface area contributed by atoms with Crippen molar-refractivity contribution in [3.63, 3.8) is 0 Å². The number of hydrogen-bond donors (Lipinski definition) is 2. The maximum Gasteiger partial charge on any atom is 0.261 e. The first-order chi connectivity index (χ1) is 13.8. The van der Waals surface area contributed by atoms with Crippen LogP contribution in [0.3, 0.4) is 0 Å². The summed E-state index contributed by atoms with van der Waals surface area (Å²) < 4.78 is 28.6. The molecule has 1 aliphatic heterocycles. The molecule has 1 aliphatic rings. The molecule has 29 heavy (non-hydrogen) atoms. The molecule has 0 atom stereocenters. The van der Waals surface area contributed by atoms with E-state index in [1.54, 1.807) is 30.0 Å². The van der Waals surface area contributed by atoms with Crippen LogP contribution in [0.2, 0.25) is 0 Å². The Bertz CT molecular complexity index is 1050. The molecule has 1 heterocycles. The van der Waals surface area contributed by atoms with Gasteiger partial charge in [-0.2, -0.15) is 0 Å². The second-order valence-corrected chi connectivity index (χ2v) is 10.1. The lowest BCUT2D eigenvalue weighted by molar-refractivity contribution is -0.114. The lowest BCUT2D eigenvalue weighted by Crippen LogP contribution is -2.14. The van der Waals surface area contributed by atoms with Crippen LogP contribution in [0.25, 0.3) is 0 Å². The van der Waals surface area contributed by atoms with Crippen LogP contribution in [-0.4, -0.2) is 42.5 Å². The number of ketones is 1. The van der Waals surface area contributed by atoms with Crippen molar-refractivity contribution in [2.45, 2.75) is 11.8 Å². The van der Waals surface area contributed by atoms with Crippen LogP contribution in [0.4, 0.5) is 11.4 Å². The molecule has 0 unspecified atom stereocenters. The molecule has 0 bridgehead atoms. The molecular weight excluding hydrogens is 430 g/mol. The van der Waals surface area contributed by atoms with Gasteiger partial charge in [-0.15, -0.1) is 0 Å². The summed E-state index contributed by atoms with van der Waals surface area (Å²) in [6, 6.07) is 12.2. The van der Waals surface area contributed by atoms with E-state index in [4.69, 9.17) is 0 Å². The van der Waals surface area contributed by atoms with E-state index in [0.29, 0.717) is 16.9 Å². The van der Waals surface area contributed by atoms with Crippen LogP contribution in [0.15, 0.2) is 58.4 Å². The topological polar surface area (TPSA) is 105 Å². The van der Waals surface area contributed by atoms with E-state index in [1.807, 2.05) is 0 Å². The first kappa shape index (κ1) is 21.4. The van der Waals surface area contributed by atoms with Crippen LogP contribution in [0, 0.1) is 0 Å². The van der Waals surface area contributed by atoms with Gasteiger partial charge in [0, 0.05) is 29.6 Å². The van der Waals surface area contributed by atoms with Crippen LogP contribution in [-0.2, 0) is 14.8 Å². The molecule has 0 saturated carbocycles. The minimum atomic E-state index is -3.83. The summed E-state index contributed by atoms with van der Waals surface area (Å²) in [4.78, 5) is 27.8. The molecule has 152 valence electrons. The minimum Gasteiger partial charge on any atom is -0.326 e. The molecule has 1 amide bonds. The van der Waals surface area contributed by atoms with Gasteiger partial charge in [0.15, 0.2) is 5.78 Å². The summed E-state index contributed by atoms with van der Waals surface area (Å²) in [5.74, 6) is 0.870. The normalized spacial score (nSPS) is 13.6. The Labute approximate surface area is 177 Å². The molecule has 3 rings (SSSR count). The summed E-state index contributed by atoms with van der Waals surface area (Å²) in [6.07, 6.45) is 0. The first-order valence-corrected chi connectivity index (χ1v) is 12.1. The molecule has 2 N–H and O–H groups in total. The third-order valence-corrected chi connectivity index (χ3v) is 7.46. The average molecular weight is 450 g/mol. The summed E-state index contributed by atoms with van der Waals surface area (Å²) in [6.45, 7) is 2.16. The number of nitrogens with one attached hydrogen (secondary N) is 2. The second kappa shape index (κ2) is 9.47. The monoisotopic (exact) mass is 449 g/mol. The number of carbonyl (C=O) groups excluding carboxylic acids is 2. The zero-order valence-corrected chi connectivity index (χ0v) is 18.0. The standard InChI is InChI=1S/C19H19N3O4S3/c1-13(23)21-15-5-7-17(8-6-15)29(25,26)22-16-4-2-3-14(11-16)18(24)12-28-19-20-9-10-27-19/h2-8,11,22H,9-10,12H2,1H3,(H,21,23). The summed E-state index contributed by atoms with van der Waals surface area (Å²) in [5, 5.41) is 2.58. The largest absolute Gasteiger partial charge is 0.326 e. The van der Waals surface area contributed by atoms with Gasteiger partial charge in [-0.3, -0.25) is 19.3 Å². The predicted molar refractivity (Wildman–Crippen MR) is 120 cm³/mol. The maximum atomic E-state index is 12.6. The van der Waals surface area contributed by atoms with Crippen molar-refractivity contribution in [1.29, 1.82) is 0 Å². The molecule has 0 fully saturated rings. The summed E-state index contributed by atoms with van der Waals surface area (Å²) in [7, 11) is -3.83. The van der Waals surface area contributed by atoms with Crippen LogP contribution in [0.1, 0.15) is 17.3 Å². The van der Waals surface area contributed by atoms with Crippen molar-refractivity contribution in [2.24, 2.45) is 4.99 Å². The summed E-state index contributed by atoms with van der Waals surface area (Å²) >= 11 is 3.04. The maximum absolute atomic E-state index is 12.6. The number of hydrogen-bond acceptors (Lipinski definition) is 7. The smallest absolute Gasteiger partial charge is 0.261 e. The van der Waals surface area contributed by atoms with Gasteiger partial charge in [0.05, 0.1) is 17.2 Å². The number of Topliss-reactive ketones (excluding diaryl/α,β-unsaturated/α-hetero) is 1. The van der Waals surface area contributed by atoms with Gasteiger partial charge in [0.25, 0.3) is 10.0 Å². The number of rotatable bonds is 7. The van der Waals surface area contributed by atoms with Crippen molar-refractivity contribution in [3.8, 4) is 0 Å². The number of sulfonamides is 1. The first-order valence-electron chi connectivity index (χ1n) is 8.67. The van der Waals surface area contributed by atoms with Crippen molar-refractivity contribution >= 4 is 61.0 Å². The number of nitrogens with zero attached hydrogens (tertiary/aromatic N) is 1. The van der Waals surface area contributed by atoms with E-state index < -0.39 is 10.0 Å². The zero-order chi connectivity index (χ0) is 20.9. The number of benzene rings is 2. The highest BCUT2D eigenvalue weighted by Crippen LogP contribution is 2.24. The van der Waals surface area contributed by atoms with E-state index in [9.17, 15) is 18.0 Å². The lowest BCUT2D eigenvalue weighted by Gasteiger charge is -2.10. The summed E-state index contributed by atoms with van der Waals surface area (Å²) in [5.41, 5.74) is 1.24. The zero-order valence-electron chi connectivity index (χ0n) is 15.5. The van der Waals surface area contributed by atoms with E-state index >= 15 is 0 Å². The molecule has 0 aliphatic carbocycles. The van der Waals surface area contributed by atoms with Gasteiger partial charge in [0.1, 0.15) is 4.38 Å². The highest BCUT2D eigenvalue weighted by atomic mass is 32.2. The molecule has 2 aromatic carbocycles. The Hall–Kier alpha value is -2.30. The number of amides is 1. The Balaban J connectivity index is 1.68. The van der Waals surface area contributed by atoms with Crippen molar-refractivity contribution < 1.29 is 18.0 Å². The number of carbonyl (C=O) groups is 2. The van der Waals surface area contributed by atoms with Crippen molar-refractivity contribution in [1.82, 2.24) is 0 Å². The van der Waals surface area contributed by atoms with Gasteiger partial charge >= 0.3 is 0 Å². The fraction of sp³-hybridized carbons (Fsp3) is 0.211. The van der Waals surface area contributed by atoms with E-state index in [0.717, 1.165) is 16.7 Å². The fourth-order valence-electron chi connectivity index (χ4n) is 2.50. The quantitative estimate of drug-likeness (QED) is 0.627. The van der Waals surface area contributed by atoms with Crippen LogP contribution < -0.4 is 10.0 Å². The SMILES string of the molecule is CC(=O)Nc1ccc(S(=O)(=O)Nc2cccc(C(=O)CSC3=NCCS3)c2)cc1. The molecular formula is C19H19N3O4S3. The molecule has 0 spiro atoms. The third-order valence-electron chi connectivity index (χ3n) is 3.81. The van der Waals surface area contributed by atoms with E-state index in [-0.39, 0.29) is 22.3 Å². The van der Waals surface area contributed by atoms with Crippen molar-refractivity contribution in [3.05, 3.63) is 54.1 Å². The number of thioether (sulfide) groups is 2. The number of aliphatic imine (C=N–C) groups is 1. The Morgan fingerprint density at radius 1 is 1.14 bits per heavy atom. The van der Waals surface area contributed by atoms with E-state index in [2.05, 4.69) is 15.0 Å². The van der Waals surface area contributed by atoms with Gasteiger partial charge in [-0.05, 0) is 36.4 Å². The highest BCUT2D eigenvalue weighted by Gasteiger charge is 2.16. The predicted octanol–water partition coefficient (Wildman–Crippen LogP) is 3.46. The minimum absolute atomic E-state index is 0.0511.